The van der Waals surface area contributed by atoms with Crippen LogP contribution in [0.4, 0.5) is 5.69 Å². The zero-order valence-electron chi connectivity index (χ0n) is 21.9. The molecule has 0 aromatic heterocycles. The average molecular weight is 502 g/mol. The quantitative estimate of drug-likeness (QED) is 0.531. The van der Waals surface area contributed by atoms with Crippen LogP contribution in [0.5, 0.6) is 0 Å². The van der Waals surface area contributed by atoms with Crippen molar-refractivity contribution in [2.24, 2.45) is 0 Å². The number of carbonyl (C=O) groups is 2. The third kappa shape index (κ3) is 8.09. The number of amides is 2. The molecule has 0 aliphatic carbocycles. The number of hydrogen-bond donors (Lipinski definition) is 1. The maximum atomic E-state index is 13.5. The summed E-state index contributed by atoms with van der Waals surface area (Å²) in [5.74, 6) is -0.727. The highest BCUT2D eigenvalue weighted by atomic mass is 32.2. The van der Waals surface area contributed by atoms with Gasteiger partial charge in [0, 0.05) is 12.6 Å². The molecule has 0 radical (unpaired) electrons. The average Bonchev–Trinajstić information content (AvgIpc) is 2.79. The molecule has 192 valence electrons. The van der Waals surface area contributed by atoms with E-state index < -0.39 is 28.5 Å². The zero-order valence-corrected chi connectivity index (χ0v) is 22.7. The highest BCUT2D eigenvalue weighted by Crippen LogP contribution is 2.26. The predicted molar refractivity (Wildman–Crippen MR) is 142 cm³/mol. The van der Waals surface area contributed by atoms with E-state index in [1.165, 1.54) is 4.90 Å². The molecule has 7 nitrogen and oxygen atoms in total. The molecule has 35 heavy (non-hydrogen) atoms. The minimum Gasteiger partial charge on any atom is -0.352 e. The summed E-state index contributed by atoms with van der Waals surface area (Å²) in [5.41, 5.74) is 2.23. The lowest BCUT2D eigenvalue weighted by atomic mass is 9.87. The van der Waals surface area contributed by atoms with Gasteiger partial charge < -0.3 is 10.2 Å². The van der Waals surface area contributed by atoms with Crippen molar-refractivity contribution in [3.8, 4) is 0 Å². The van der Waals surface area contributed by atoms with Crippen LogP contribution in [-0.2, 0) is 31.6 Å². The fourth-order valence-corrected chi connectivity index (χ4v) is 4.42. The lowest BCUT2D eigenvalue weighted by molar-refractivity contribution is -0.139. The Morgan fingerprint density at radius 1 is 0.971 bits per heavy atom. The SMILES string of the molecule is CCC(C)NC(=O)C(C)N(Cc1ccccc1)C(=O)CN(c1ccc(C(C)(C)C)cc1)S(C)(=O)=O. The van der Waals surface area contributed by atoms with Gasteiger partial charge in [0.1, 0.15) is 12.6 Å². The number of carbonyl (C=O) groups excluding carboxylic acids is 2. The van der Waals surface area contributed by atoms with Crippen LogP contribution in [0, 0.1) is 0 Å². The normalized spacial score (nSPS) is 13.6. The second-order valence-corrected chi connectivity index (χ2v) is 12.0. The van der Waals surface area contributed by atoms with Crippen LogP contribution in [0.15, 0.2) is 54.6 Å². The molecular formula is C27H39N3O4S. The van der Waals surface area contributed by atoms with Gasteiger partial charge in [-0.15, -0.1) is 0 Å². The summed E-state index contributed by atoms with van der Waals surface area (Å²) in [6.45, 7) is 11.6. The first-order valence-electron chi connectivity index (χ1n) is 12.0. The first-order valence-corrected chi connectivity index (χ1v) is 13.8. The maximum Gasteiger partial charge on any atom is 0.244 e. The molecule has 0 bridgehead atoms. The molecule has 1 N–H and O–H groups in total. The van der Waals surface area contributed by atoms with Crippen molar-refractivity contribution in [2.75, 3.05) is 17.1 Å². The number of sulfonamides is 1. The van der Waals surface area contributed by atoms with Gasteiger partial charge in [-0.3, -0.25) is 13.9 Å². The van der Waals surface area contributed by atoms with Gasteiger partial charge in [0.2, 0.25) is 21.8 Å². The number of benzene rings is 2. The standard InChI is InChI=1S/C27H39N3O4S/c1-8-20(2)28-26(32)21(3)29(18-22-12-10-9-11-13-22)25(31)19-30(35(7,33)34)24-16-14-23(15-17-24)27(4,5)6/h9-17,20-21H,8,18-19H2,1-7H3,(H,28,32). The second-order valence-electron chi connectivity index (χ2n) is 10.1. The third-order valence-corrected chi connectivity index (χ3v) is 7.21. The number of rotatable bonds is 10. The van der Waals surface area contributed by atoms with Gasteiger partial charge in [0.05, 0.1) is 11.9 Å². The Bertz CT molecular complexity index is 1090. The summed E-state index contributed by atoms with van der Waals surface area (Å²) in [6, 6.07) is 15.7. The van der Waals surface area contributed by atoms with Crippen LogP contribution in [0.2, 0.25) is 0 Å². The Labute approximate surface area is 210 Å². The van der Waals surface area contributed by atoms with Crippen molar-refractivity contribution in [1.82, 2.24) is 10.2 Å². The molecular weight excluding hydrogens is 462 g/mol. The predicted octanol–water partition coefficient (Wildman–Crippen LogP) is 4.08. The molecule has 2 aromatic rings. The molecule has 0 fully saturated rings. The largest absolute Gasteiger partial charge is 0.352 e. The maximum absolute atomic E-state index is 13.5. The van der Waals surface area contributed by atoms with E-state index in [1.54, 1.807) is 19.1 Å². The lowest BCUT2D eigenvalue weighted by Crippen LogP contribution is -2.52. The van der Waals surface area contributed by atoms with Crippen molar-refractivity contribution in [3.63, 3.8) is 0 Å². The summed E-state index contributed by atoms with van der Waals surface area (Å²) in [7, 11) is -3.75. The van der Waals surface area contributed by atoms with Crippen LogP contribution < -0.4 is 9.62 Å². The smallest absolute Gasteiger partial charge is 0.244 e. The zero-order chi connectivity index (χ0) is 26.4. The molecule has 2 amide bonds. The molecule has 2 unspecified atom stereocenters. The summed E-state index contributed by atoms with van der Waals surface area (Å²) >= 11 is 0. The molecule has 8 heteroatoms. The topological polar surface area (TPSA) is 86.8 Å². The van der Waals surface area contributed by atoms with Crippen molar-refractivity contribution >= 4 is 27.5 Å². The van der Waals surface area contributed by atoms with E-state index in [4.69, 9.17) is 0 Å². The molecule has 0 heterocycles. The Morgan fingerprint density at radius 3 is 2.03 bits per heavy atom. The van der Waals surface area contributed by atoms with E-state index in [9.17, 15) is 18.0 Å². The minimum absolute atomic E-state index is 0.0347. The van der Waals surface area contributed by atoms with E-state index in [-0.39, 0.29) is 23.9 Å². The molecule has 2 aromatic carbocycles. The van der Waals surface area contributed by atoms with Crippen molar-refractivity contribution in [2.45, 2.75) is 72.0 Å². The number of hydrogen-bond acceptors (Lipinski definition) is 4. The van der Waals surface area contributed by atoms with E-state index in [1.807, 2.05) is 56.3 Å². The molecule has 0 aliphatic heterocycles. The molecule has 0 saturated carbocycles. The van der Waals surface area contributed by atoms with Crippen molar-refractivity contribution < 1.29 is 18.0 Å². The van der Waals surface area contributed by atoms with E-state index >= 15 is 0 Å². The van der Waals surface area contributed by atoms with Crippen LogP contribution >= 0.6 is 0 Å². The second kappa shape index (κ2) is 11.7. The molecule has 2 atom stereocenters. The number of nitrogens with one attached hydrogen (secondary N) is 1. The summed E-state index contributed by atoms with van der Waals surface area (Å²) in [4.78, 5) is 27.9. The van der Waals surface area contributed by atoms with Gasteiger partial charge >= 0.3 is 0 Å². The van der Waals surface area contributed by atoms with Gasteiger partial charge in [-0.25, -0.2) is 8.42 Å². The van der Waals surface area contributed by atoms with Crippen LogP contribution in [0.1, 0.15) is 59.1 Å². The van der Waals surface area contributed by atoms with Gasteiger partial charge in [0.15, 0.2) is 0 Å². The number of anilines is 1. The van der Waals surface area contributed by atoms with Gasteiger partial charge in [-0.05, 0) is 48.9 Å². The summed E-state index contributed by atoms with van der Waals surface area (Å²) in [6.07, 6.45) is 1.84. The van der Waals surface area contributed by atoms with Crippen LogP contribution in [0.3, 0.4) is 0 Å². The van der Waals surface area contributed by atoms with Gasteiger partial charge in [0.25, 0.3) is 0 Å². The highest BCUT2D eigenvalue weighted by molar-refractivity contribution is 7.92. The van der Waals surface area contributed by atoms with Crippen molar-refractivity contribution in [1.29, 1.82) is 0 Å². The van der Waals surface area contributed by atoms with Crippen molar-refractivity contribution in [3.05, 3.63) is 65.7 Å². The molecule has 2 rings (SSSR count). The summed E-state index contributed by atoms with van der Waals surface area (Å²) in [5, 5.41) is 2.92. The first-order chi connectivity index (χ1) is 16.2. The first kappa shape index (κ1) is 28.4. The van der Waals surface area contributed by atoms with E-state index in [0.717, 1.165) is 28.1 Å². The Kier molecular flexibility index (Phi) is 9.49. The molecule has 0 aliphatic rings. The molecule has 0 saturated heterocycles. The number of nitrogens with zero attached hydrogens (tertiary/aromatic N) is 2. The minimum atomic E-state index is -3.75. The Hall–Kier alpha value is -2.87. The van der Waals surface area contributed by atoms with E-state index in [2.05, 4.69) is 26.1 Å². The van der Waals surface area contributed by atoms with Gasteiger partial charge in [-0.2, -0.15) is 0 Å². The van der Waals surface area contributed by atoms with E-state index in [0.29, 0.717) is 5.69 Å². The lowest BCUT2D eigenvalue weighted by Gasteiger charge is -2.32. The third-order valence-electron chi connectivity index (χ3n) is 6.06. The fourth-order valence-electron chi connectivity index (χ4n) is 3.57. The van der Waals surface area contributed by atoms with Crippen LogP contribution in [-0.4, -0.2) is 50.0 Å². The highest BCUT2D eigenvalue weighted by Gasteiger charge is 2.30. The van der Waals surface area contributed by atoms with Gasteiger partial charge in [-0.1, -0.05) is 70.2 Å². The Morgan fingerprint density at radius 2 is 1.54 bits per heavy atom. The summed E-state index contributed by atoms with van der Waals surface area (Å²) < 4.78 is 26.5. The molecule has 0 spiro atoms. The van der Waals surface area contributed by atoms with Crippen LogP contribution in [0.25, 0.3) is 0 Å². The fraction of sp³-hybridized carbons (Fsp3) is 0.481. The Balaban J connectivity index is 2.37. The monoisotopic (exact) mass is 501 g/mol.